The van der Waals surface area contributed by atoms with E-state index in [1.54, 1.807) is 13.0 Å². The highest BCUT2D eigenvalue weighted by atomic mass is 19.3. The molecule has 0 nitrogen and oxygen atoms in total. The van der Waals surface area contributed by atoms with Gasteiger partial charge in [0, 0.05) is 5.56 Å². The van der Waals surface area contributed by atoms with Gasteiger partial charge < -0.3 is 0 Å². The Morgan fingerprint density at radius 3 is 2.60 bits per heavy atom. The third kappa shape index (κ3) is 1.53. The number of benzene rings is 1. The molecule has 0 aliphatic rings. The summed E-state index contributed by atoms with van der Waals surface area (Å²) in [7, 11) is 0. The summed E-state index contributed by atoms with van der Waals surface area (Å²) in [4.78, 5) is 0. The lowest BCUT2D eigenvalue weighted by molar-refractivity contribution is 0.151. The number of rotatable bonds is 1. The SMILES string of the molecule is Cc1cc[c]c(C(F)F)c1. The van der Waals surface area contributed by atoms with Gasteiger partial charge in [0.05, 0.1) is 0 Å². The zero-order valence-corrected chi connectivity index (χ0v) is 5.57. The van der Waals surface area contributed by atoms with Crippen LogP contribution in [0.5, 0.6) is 0 Å². The molecule has 1 radical (unpaired) electrons. The minimum absolute atomic E-state index is 0.0278. The van der Waals surface area contributed by atoms with Gasteiger partial charge >= 0.3 is 0 Å². The smallest absolute Gasteiger partial charge is 0.205 e. The van der Waals surface area contributed by atoms with Crippen LogP contribution in [0.15, 0.2) is 18.2 Å². The molecule has 0 aromatic heterocycles. The van der Waals surface area contributed by atoms with E-state index in [-0.39, 0.29) is 5.56 Å². The molecule has 0 aliphatic heterocycles. The second kappa shape index (κ2) is 2.78. The first kappa shape index (κ1) is 7.19. The van der Waals surface area contributed by atoms with E-state index >= 15 is 0 Å². The molecule has 0 N–H and O–H groups in total. The van der Waals surface area contributed by atoms with Gasteiger partial charge in [-0.05, 0) is 19.1 Å². The molecule has 0 fully saturated rings. The molecule has 2 heteroatoms. The van der Waals surface area contributed by atoms with E-state index in [0.29, 0.717) is 0 Å². The number of halogens is 2. The lowest BCUT2D eigenvalue weighted by atomic mass is 10.1. The van der Waals surface area contributed by atoms with Crippen LogP contribution in [0.3, 0.4) is 0 Å². The van der Waals surface area contributed by atoms with Crippen LogP contribution in [-0.2, 0) is 0 Å². The Morgan fingerprint density at radius 2 is 2.20 bits per heavy atom. The Bertz CT molecular complexity index is 218. The van der Waals surface area contributed by atoms with Crippen molar-refractivity contribution in [1.82, 2.24) is 0 Å². The van der Waals surface area contributed by atoms with E-state index in [9.17, 15) is 8.78 Å². The third-order valence-corrected chi connectivity index (χ3v) is 1.21. The lowest BCUT2D eigenvalue weighted by Gasteiger charge is -1.97. The van der Waals surface area contributed by atoms with Crippen LogP contribution in [0.2, 0.25) is 0 Å². The topological polar surface area (TPSA) is 0 Å². The fourth-order valence-corrected chi connectivity index (χ4v) is 0.730. The van der Waals surface area contributed by atoms with Crippen molar-refractivity contribution in [3.8, 4) is 0 Å². The van der Waals surface area contributed by atoms with Crippen molar-refractivity contribution in [3.63, 3.8) is 0 Å². The van der Waals surface area contributed by atoms with Gasteiger partial charge in [-0.25, -0.2) is 8.78 Å². The fourth-order valence-electron chi connectivity index (χ4n) is 0.730. The van der Waals surface area contributed by atoms with E-state index < -0.39 is 6.43 Å². The largest absolute Gasteiger partial charge is 0.264 e. The van der Waals surface area contributed by atoms with E-state index in [1.807, 2.05) is 0 Å². The molecule has 0 amide bonds. The van der Waals surface area contributed by atoms with Crippen molar-refractivity contribution in [2.24, 2.45) is 0 Å². The summed E-state index contributed by atoms with van der Waals surface area (Å²) < 4.78 is 23.8. The van der Waals surface area contributed by atoms with E-state index in [2.05, 4.69) is 6.07 Å². The van der Waals surface area contributed by atoms with Crippen LogP contribution in [0.4, 0.5) is 8.78 Å². The van der Waals surface area contributed by atoms with E-state index in [4.69, 9.17) is 0 Å². The zero-order chi connectivity index (χ0) is 7.56. The molecule has 1 aromatic rings. The van der Waals surface area contributed by atoms with Gasteiger partial charge in [0.25, 0.3) is 6.43 Å². The van der Waals surface area contributed by atoms with Crippen molar-refractivity contribution < 1.29 is 8.78 Å². The van der Waals surface area contributed by atoms with Gasteiger partial charge in [-0.2, -0.15) is 0 Å². The van der Waals surface area contributed by atoms with Crippen LogP contribution < -0.4 is 0 Å². The summed E-state index contributed by atoms with van der Waals surface area (Å²) in [6.45, 7) is 1.78. The predicted octanol–water partition coefficient (Wildman–Crippen LogP) is 2.73. The van der Waals surface area contributed by atoms with Gasteiger partial charge in [0.1, 0.15) is 0 Å². The predicted molar refractivity (Wildman–Crippen MR) is 35.0 cm³/mol. The third-order valence-electron chi connectivity index (χ3n) is 1.21. The monoisotopic (exact) mass is 141 g/mol. The standard InChI is InChI=1S/C8H7F2/c1-6-3-2-4-7(5-6)8(9)10/h2-3,5,8H,1H3. The van der Waals surface area contributed by atoms with Gasteiger partial charge in [0.2, 0.25) is 0 Å². The lowest BCUT2D eigenvalue weighted by Crippen LogP contribution is -1.83. The van der Waals surface area contributed by atoms with Gasteiger partial charge in [-0.15, -0.1) is 0 Å². The average molecular weight is 141 g/mol. The number of hydrogen-bond acceptors (Lipinski definition) is 0. The maximum atomic E-state index is 11.9. The molecule has 0 saturated heterocycles. The van der Waals surface area contributed by atoms with Crippen molar-refractivity contribution in [3.05, 3.63) is 35.4 Å². The van der Waals surface area contributed by atoms with Crippen molar-refractivity contribution in [2.45, 2.75) is 13.3 Å². The van der Waals surface area contributed by atoms with Crippen molar-refractivity contribution >= 4 is 0 Å². The molecule has 0 unspecified atom stereocenters. The first-order valence-corrected chi connectivity index (χ1v) is 2.96. The summed E-state index contributed by atoms with van der Waals surface area (Å²) in [5.74, 6) is 0. The maximum absolute atomic E-state index is 11.9. The summed E-state index contributed by atoms with van der Waals surface area (Å²) in [6.07, 6.45) is -2.40. The Hall–Kier alpha value is -0.920. The molecule has 0 saturated carbocycles. The molecule has 0 atom stereocenters. The van der Waals surface area contributed by atoms with Crippen molar-refractivity contribution in [2.75, 3.05) is 0 Å². The molecule has 0 bridgehead atoms. The molecule has 0 spiro atoms. The van der Waals surface area contributed by atoms with Gasteiger partial charge in [-0.1, -0.05) is 17.7 Å². The molecular formula is C8H7F2. The quantitative estimate of drug-likeness (QED) is 0.564. The van der Waals surface area contributed by atoms with Crippen LogP contribution in [-0.4, -0.2) is 0 Å². The van der Waals surface area contributed by atoms with Gasteiger partial charge in [-0.3, -0.25) is 0 Å². The van der Waals surface area contributed by atoms with Gasteiger partial charge in [0.15, 0.2) is 0 Å². The molecule has 0 aliphatic carbocycles. The summed E-state index contributed by atoms with van der Waals surface area (Å²) in [6, 6.07) is 7.15. The zero-order valence-electron chi connectivity index (χ0n) is 5.57. The second-order valence-corrected chi connectivity index (χ2v) is 2.12. The molecule has 1 aromatic carbocycles. The van der Waals surface area contributed by atoms with Crippen LogP contribution in [0.1, 0.15) is 17.6 Å². The van der Waals surface area contributed by atoms with Crippen LogP contribution in [0, 0.1) is 13.0 Å². The minimum Gasteiger partial charge on any atom is -0.205 e. The highest BCUT2D eigenvalue weighted by Gasteiger charge is 2.05. The summed E-state index contributed by atoms with van der Waals surface area (Å²) >= 11 is 0. The number of alkyl halides is 2. The second-order valence-electron chi connectivity index (χ2n) is 2.12. The number of aryl methyl sites for hydroxylation is 1. The molecule has 53 valence electrons. The Labute approximate surface area is 58.5 Å². The van der Waals surface area contributed by atoms with Crippen LogP contribution >= 0.6 is 0 Å². The number of hydrogen-bond donors (Lipinski definition) is 0. The molecular weight excluding hydrogens is 134 g/mol. The molecule has 1 rings (SSSR count). The summed E-state index contributed by atoms with van der Waals surface area (Å²) in [5.41, 5.74) is 0.814. The molecule has 0 heterocycles. The van der Waals surface area contributed by atoms with E-state index in [1.165, 1.54) is 12.1 Å². The van der Waals surface area contributed by atoms with E-state index in [0.717, 1.165) is 5.56 Å². The first-order valence-electron chi connectivity index (χ1n) is 2.96. The minimum atomic E-state index is -2.40. The normalized spacial score (nSPS) is 10.4. The first-order chi connectivity index (χ1) is 4.70. The highest BCUT2D eigenvalue weighted by molar-refractivity contribution is 5.21. The Kier molecular flexibility index (Phi) is 2.00. The highest BCUT2D eigenvalue weighted by Crippen LogP contribution is 2.18. The average Bonchev–Trinajstić information content (AvgIpc) is 1.88. The maximum Gasteiger partial charge on any atom is 0.264 e. The van der Waals surface area contributed by atoms with Crippen LogP contribution in [0.25, 0.3) is 0 Å². The molecule has 10 heavy (non-hydrogen) atoms. The Balaban J connectivity index is 2.96. The fraction of sp³-hybridized carbons (Fsp3) is 0.250. The summed E-state index contributed by atoms with van der Waals surface area (Å²) in [5, 5.41) is 0. The Morgan fingerprint density at radius 1 is 1.50 bits per heavy atom. The van der Waals surface area contributed by atoms with Crippen molar-refractivity contribution in [1.29, 1.82) is 0 Å².